The predicted octanol–water partition coefficient (Wildman–Crippen LogP) is 20.9. The van der Waals surface area contributed by atoms with Crippen LogP contribution >= 0.6 is 0 Å². The van der Waals surface area contributed by atoms with Crippen molar-refractivity contribution in [3.63, 3.8) is 0 Å². The summed E-state index contributed by atoms with van der Waals surface area (Å²) in [4.78, 5) is 38.2. The maximum atomic E-state index is 12.9. The fraction of sp³-hybridized carbons (Fsp3) is 0.773. The Balaban J connectivity index is 4.37. The molecular weight excluding hydrogens is 889 g/mol. The van der Waals surface area contributed by atoms with Crippen LogP contribution < -0.4 is 0 Å². The van der Waals surface area contributed by atoms with Gasteiger partial charge in [0.25, 0.3) is 0 Å². The van der Waals surface area contributed by atoms with Gasteiger partial charge in [-0.2, -0.15) is 0 Å². The van der Waals surface area contributed by atoms with Crippen molar-refractivity contribution in [2.45, 2.75) is 316 Å². The summed E-state index contributed by atoms with van der Waals surface area (Å²) >= 11 is 0. The van der Waals surface area contributed by atoms with Gasteiger partial charge in [0, 0.05) is 19.3 Å². The normalized spacial score (nSPS) is 12.5. The summed E-state index contributed by atoms with van der Waals surface area (Å²) in [6.45, 7) is 6.50. The lowest BCUT2D eigenvalue weighted by Gasteiger charge is -2.18. The molecule has 0 rings (SSSR count). The number of rotatable bonds is 56. The zero-order chi connectivity index (χ0) is 52.2. The molecule has 0 aromatic carbocycles. The second kappa shape index (κ2) is 60.4. The van der Waals surface area contributed by atoms with E-state index in [4.69, 9.17) is 14.2 Å². The number of allylic oxidation sites excluding steroid dienone is 12. The fourth-order valence-corrected chi connectivity index (χ4v) is 8.83. The lowest BCUT2D eigenvalue weighted by atomic mass is 10.0. The molecule has 72 heavy (non-hydrogen) atoms. The van der Waals surface area contributed by atoms with E-state index in [0.29, 0.717) is 19.3 Å². The molecule has 0 bridgehead atoms. The third-order valence-electron chi connectivity index (χ3n) is 13.4. The number of unbranched alkanes of at least 4 members (excludes halogenated alkanes) is 33. The molecule has 0 aliphatic carbocycles. The first-order valence-electron chi connectivity index (χ1n) is 30.9. The van der Waals surface area contributed by atoms with Gasteiger partial charge in [0.05, 0.1) is 0 Å². The van der Waals surface area contributed by atoms with Gasteiger partial charge in [-0.25, -0.2) is 0 Å². The van der Waals surface area contributed by atoms with E-state index in [2.05, 4.69) is 93.7 Å². The minimum atomic E-state index is -0.808. The van der Waals surface area contributed by atoms with Gasteiger partial charge < -0.3 is 14.2 Å². The Hall–Kier alpha value is -3.15. The van der Waals surface area contributed by atoms with Crippen molar-refractivity contribution in [1.29, 1.82) is 0 Å². The van der Waals surface area contributed by atoms with Gasteiger partial charge in [-0.1, -0.05) is 280 Å². The molecule has 6 nitrogen and oxygen atoms in total. The maximum absolute atomic E-state index is 12.9. The van der Waals surface area contributed by atoms with Crippen LogP contribution in [0, 0.1) is 0 Å². The van der Waals surface area contributed by atoms with Crippen molar-refractivity contribution in [3.8, 4) is 0 Å². The smallest absolute Gasteiger partial charge is 0.306 e. The second-order valence-electron chi connectivity index (χ2n) is 20.6. The molecule has 416 valence electrons. The molecule has 0 N–H and O–H groups in total. The zero-order valence-electron chi connectivity index (χ0n) is 47.7. The van der Waals surface area contributed by atoms with Crippen LogP contribution in [-0.2, 0) is 28.6 Å². The number of carbonyl (C=O) groups excluding carboxylic acids is 3. The average molecular weight is 1010 g/mol. The SMILES string of the molecule is CC/C=C\C/C=C\C/C=C\C/C=C\C/C=C\CCCC(=O)OC(COC(=O)CCCCCCC/C=C\CCCCCCC)COC(=O)CCCCCCCCCCCCCCCCCCCCCCCCC. The van der Waals surface area contributed by atoms with Crippen LogP contribution in [0.4, 0.5) is 0 Å². The van der Waals surface area contributed by atoms with E-state index in [1.807, 2.05) is 0 Å². The van der Waals surface area contributed by atoms with Gasteiger partial charge in [0.1, 0.15) is 13.2 Å². The van der Waals surface area contributed by atoms with Crippen LogP contribution in [0.15, 0.2) is 72.9 Å². The molecular formula is C66H116O6. The highest BCUT2D eigenvalue weighted by atomic mass is 16.6. The van der Waals surface area contributed by atoms with E-state index in [9.17, 15) is 14.4 Å². The molecule has 0 aliphatic rings. The van der Waals surface area contributed by atoms with E-state index in [-0.39, 0.29) is 37.5 Å². The summed E-state index contributed by atoms with van der Waals surface area (Å²) in [7, 11) is 0. The van der Waals surface area contributed by atoms with Crippen LogP contribution in [0.5, 0.6) is 0 Å². The highest BCUT2D eigenvalue weighted by Crippen LogP contribution is 2.17. The molecule has 0 heterocycles. The van der Waals surface area contributed by atoms with Crippen LogP contribution in [0.25, 0.3) is 0 Å². The summed E-state index contributed by atoms with van der Waals surface area (Å²) in [5.74, 6) is -0.953. The van der Waals surface area contributed by atoms with E-state index >= 15 is 0 Å². The lowest BCUT2D eigenvalue weighted by Crippen LogP contribution is -2.30. The Morgan fingerprint density at radius 3 is 0.903 bits per heavy atom. The van der Waals surface area contributed by atoms with Gasteiger partial charge >= 0.3 is 17.9 Å². The van der Waals surface area contributed by atoms with Crippen LogP contribution in [0.3, 0.4) is 0 Å². The van der Waals surface area contributed by atoms with Gasteiger partial charge in [-0.05, 0) is 83.5 Å². The van der Waals surface area contributed by atoms with Crippen molar-refractivity contribution in [2.24, 2.45) is 0 Å². The Bertz CT molecular complexity index is 1340. The maximum Gasteiger partial charge on any atom is 0.306 e. The molecule has 0 amide bonds. The predicted molar refractivity (Wildman–Crippen MR) is 311 cm³/mol. The van der Waals surface area contributed by atoms with Crippen LogP contribution in [0.2, 0.25) is 0 Å². The molecule has 0 aliphatic heterocycles. The monoisotopic (exact) mass is 1000 g/mol. The number of carbonyl (C=O) groups is 3. The largest absolute Gasteiger partial charge is 0.462 e. The van der Waals surface area contributed by atoms with Crippen molar-refractivity contribution >= 4 is 17.9 Å². The molecule has 1 unspecified atom stereocenters. The fourth-order valence-electron chi connectivity index (χ4n) is 8.83. The highest BCUT2D eigenvalue weighted by Gasteiger charge is 2.19. The highest BCUT2D eigenvalue weighted by molar-refractivity contribution is 5.71. The summed E-state index contributed by atoms with van der Waals surface area (Å²) < 4.78 is 16.8. The van der Waals surface area contributed by atoms with Crippen molar-refractivity contribution in [3.05, 3.63) is 72.9 Å². The minimum absolute atomic E-state index is 0.0979. The summed E-state index contributed by atoms with van der Waals surface area (Å²) in [6.07, 6.45) is 77.7. The first-order chi connectivity index (χ1) is 35.5. The van der Waals surface area contributed by atoms with Crippen molar-refractivity contribution < 1.29 is 28.6 Å². The molecule has 0 saturated heterocycles. The number of esters is 3. The summed E-state index contributed by atoms with van der Waals surface area (Å²) in [5, 5.41) is 0. The van der Waals surface area contributed by atoms with E-state index in [1.54, 1.807) is 0 Å². The van der Waals surface area contributed by atoms with Crippen molar-refractivity contribution in [1.82, 2.24) is 0 Å². The molecule has 0 aromatic rings. The Kier molecular flexibility index (Phi) is 57.8. The standard InChI is InChI=1S/C66H116O6/c1-4-7-10-13-16-19-22-25-28-30-31-32-33-34-35-37-38-41-44-47-50-53-56-59-65(68)71-62-63(61-70-64(67)58-55-52-49-46-43-40-27-24-21-18-15-12-9-6-3)72-66(69)60-57-54-51-48-45-42-39-36-29-26-23-20-17-14-11-8-5-2/h8,11,17,20,24,26-27,29,39,42,48,51,63H,4-7,9-10,12-16,18-19,21-23,25,28,30-38,40-41,43-47,49-50,52-62H2,1-3H3/b11-8-,20-17-,27-24-,29-26-,42-39-,51-48-. The van der Waals surface area contributed by atoms with Gasteiger partial charge in [0.15, 0.2) is 6.10 Å². The molecule has 0 radical (unpaired) electrons. The Morgan fingerprint density at radius 2 is 0.556 bits per heavy atom. The van der Waals surface area contributed by atoms with Gasteiger partial charge in [0.2, 0.25) is 0 Å². The van der Waals surface area contributed by atoms with E-state index < -0.39 is 6.10 Å². The first kappa shape index (κ1) is 68.8. The molecule has 0 fully saturated rings. The molecule has 1 atom stereocenters. The zero-order valence-corrected chi connectivity index (χ0v) is 47.7. The Labute approximate surface area is 446 Å². The van der Waals surface area contributed by atoms with E-state index in [1.165, 1.54) is 180 Å². The molecule has 0 saturated carbocycles. The van der Waals surface area contributed by atoms with Gasteiger partial charge in [-0.3, -0.25) is 14.4 Å². The van der Waals surface area contributed by atoms with Gasteiger partial charge in [-0.15, -0.1) is 0 Å². The molecule has 0 aromatic heterocycles. The topological polar surface area (TPSA) is 78.9 Å². The van der Waals surface area contributed by atoms with Crippen LogP contribution in [0.1, 0.15) is 310 Å². The molecule has 6 heteroatoms. The second-order valence-corrected chi connectivity index (χ2v) is 20.6. The molecule has 0 spiro atoms. The number of hydrogen-bond acceptors (Lipinski definition) is 6. The third kappa shape index (κ3) is 57.7. The number of hydrogen-bond donors (Lipinski definition) is 0. The quantitative estimate of drug-likeness (QED) is 0.0261. The third-order valence-corrected chi connectivity index (χ3v) is 13.4. The lowest BCUT2D eigenvalue weighted by molar-refractivity contribution is -0.167. The summed E-state index contributed by atoms with van der Waals surface area (Å²) in [5.41, 5.74) is 0. The summed E-state index contributed by atoms with van der Waals surface area (Å²) in [6, 6.07) is 0. The van der Waals surface area contributed by atoms with Crippen molar-refractivity contribution in [2.75, 3.05) is 13.2 Å². The Morgan fingerprint density at radius 1 is 0.292 bits per heavy atom. The minimum Gasteiger partial charge on any atom is -0.462 e. The van der Waals surface area contributed by atoms with Crippen LogP contribution in [-0.4, -0.2) is 37.2 Å². The first-order valence-corrected chi connectivity index (χ1v) is 30.9. The average Bonchev–Trinajstić information content (AvgIpc) is 3.38. The number of ether oxygens (including phenoxy) is 3. The van der Waals surface area contributed by atoms with E-state index in [0.717, 1.165) is 83.5 Å².